The molecular formula is C23H31N5O4S. The zero-order valence-electron chi connectivity index (χ0n) is 19.2. The second kappa shape index (κ2) is 9.64. The van der Waals surface area contributed by atoms with Crippen LogP contribution in [0.5, 0.6) is 0 Å². The number of hydrogen-bond donors (Lipinski definition) is 1. The molecule has 1 N–H and O–H groups in total. The molecule has 2 aromatic rings. The summed E-state index contributed by atoms with van der Waals surface area (Å²) >= 11 is 0. The van der Waals surface area contributed by atoms with Crippen LogP contribution in [-0.4, -0.2) is 65.4 Å². The first-order valence-electron chi connectivity index (χ1n) is 11.4. The number of hydrogen-bond acceptors (Lipinski definition) is 5. The monoisotopic (exact) mass is 473 g/mol. The first kappa shape index (κ1) is 23.4. The topological polar surface area (TPSA) is 105 Å². The zero-order valence-corrected chi connectivity index (χ0v) is 20.0. The number of anilines is 1. The summed E-state index contributed by atoms with van der Waals surface area (Å²) in [7, 11) is -3.85. The fourth-order valence-corrected chi connectivity index (χ4v) is 6.57. The number of sulfonamides is 1. The van der Waals surface area contributed by atoms with Crippen molar-refractivity contribution in [3.8, 4) is 0 Å². The van der Waals surface area contributed by atoms with Gasteiger partial charge in [-0.15, -0.1) is 0 Å². The van der Waals surface area contributed by atoms with Crippen LogP contribution in [0.2, 0.25) is 0 Å². The van der Waals surface area contributed by atoms with Gasteiger partial charge in [0.25, 0.3) is 0 Å². The molecule has 2 amide bonds. The van der Waals surface area contributed by atoms with Crippen molar-refractivity contribution in [1.29, 1.82) is 0 Å². The molecule has 1 unspecified atom stereocenters. The lowest BCUT2D eigenvalue weighted by molar-refractivity contribution is -0.131. The first-order chi connectivity index (χ1) is 15.8. The summed E-state index contributed by atoms with van der Waals surface area (Å²) < 4.78 is 30.0. The Labute approximate surface area is 194 Å². The van der Waals surface area contributed by atoms with E-state index in [0.717, 1.165) is 25.9 Å². The molecule has 1 aromatic carbocycles. The van der Waals surface area contributed by atoms with Gasteiger partial charge >= 0.3 is 0 Å². The SMILES string of the molecule is Cc1nn(CC(=O)N2CCCC2)c(C)c1S(=O)(=O)N1CCCC(C(=O)Nc2ccccc2)C1. The van der Waals surface area contributed by atoms with Crippen LogP contribution in [0.25, 0.3) is 0 Å². The van der Waals surface area contributed by atoms with Gasteiger partial charge < -0.3 is 10.2 Å². The van der Waals surface area contributed by atoms with Crippen LogP contribution in [0.3, 0.4) is 0 Å². The minimum absolute atomic E-state index is 0.0320. The molecule has 2 aliphatic heterocycles. The molecule has 0 aliphatic carbocycles. The molecule has 2 aliphatic rings. The highest BCUT2D eigenvalue weighted by Gasteiger charge is 2.36. The molecule has 10 heteroatoms. The van der Waals surface area contributed by atoms with Crippen LogP contribution >= 0.6 is 0 Å². The van der Waals surface area contributed by atoms with Gasteiger partial charge in [0.05, 0.1) is 17.3 Å². The number of benzene rings is 1. The number of carbonyl (C=O) groups excluding carboxylic acids is 2. The Morgan fingerprint density at radius 2 is 1.76 bits per heavy atom. The summed E-state index contributed by atoms with van der Waals surface area (Å²) in [5.41, 5.74) is 1.52. The van der Waals surface area contributed by atoms with Crippen molar-refractivity contribution >= 4 is 27.5 Å². The molecule has 2 fully saturated rings. The molecular weight excluding hydrogens is 442 g/mol. The van der Waals surface area contributed by atoms with E-state index in [9.17, 15) is 18.0 Å². The van der Waals surface area contributed by atoms with E-state index in [1.807, 2.05) is 18.2 Å². The second-order valence-electron chi connectivity index (χ2n) is 8.80. The third kappa shape index (κ3) is 4.96. The molecule has 0 saturated carbocycles. The molecule has 1 atom stereocenters. The maximum Gasteiger partial charge on any atom is 0.246 e. The Kier molecular flexibility index (Phi) is 6.85. The number of aryl methyl sites for hydroxylation is 1. The van der Waals surface area contributed by atoms with E-state index < -0.39 is 15.9 Å². The van der Waals surface area contributed by atoms with Crippen molar-refractivity contribution in [3.63, 3.8) is 0 Å². The number of para-hydroxylation sites is 1. The summed E-state index contributed by atoms with van der Waals surface area (Å²) in [6.07, 6.45) is 3.23. The van der Waals surface area contributed by atoms with Gasteiger partial charge in [-0.05, 0) is 51.7 Å². The van der Waals surface area contributed by atoms with E-state index in [2.05, 4.69) is 10.4 Å². The van der Waals surface area contributed by atoms with Crippen LogP contribution in [0, 0.1) is 19.8 Å². The lowest BCUT2D eigenvalue weighted by atomic mass is 9.99. The molecule has 33 heavy (non-hydrogen) atoms. The summed E-state index contributed by atoms with van der Waals surface area (Å²) in [5, 5.41) is 7.26. The second-order valence-corrected chi connectivity index (χ2v) is 10.7. The van der Waals surface area contributed by atoms with E-state index in [-0.39, 0.29) is 29.8 Å². The number of nitrogens with zero attached hydrogens (tertiary/aromatic N) is 4. The van der Waals surface area contributed by atoms with Crippen LogP contribution in [-0.2, 0) is 26.2 Å². The van der Waals surface area contributed by atoms with Crippen molar-refractivity contribution in [2.45, 2.75) is 51.0 Å². The van der Waals surface area contributed by atoms with Gasteiger partial charge in [-0.2, -0.15) is 9.40 Å². The van der Waals surface area contributed by atoms with Crippen molar-refractivity contribution in [2.24, 2.45) is 5.92 Å². The fraction of sp³-hybridized carbons (Fsp3) is 0.522. The highest BCUT2D eigenvalue weighted by molar-refractivity contribution is 7.89. The number of amides is 2. The highest BCUT2D eigenvalue weighted by Crippen LogP contribution is 2.28. The van der Waals surface area contributed by atoms with Gasteiger partial charge in [-0.3, -0.25) is 14.3 Å². The van der Waals surface area contributed by atoms with Crippen LogP contribution in [0.15, 0.2) is 35.2 Å². The average molecular weight is 474 g/mol. The van der Waals surface area contributed by atoms with Crippen LogP contribution in [0.4, 0.5) is 5.69 Å². The number of likely N-dealkylation sites (tertiary alicyclic amines) is 1. The van der Waals surface area contributed by atoms with Gasteiger partial charge in [0.15, 0.2) is 0 Å². The Morgan fingerprint density at radius 1 is 1.06 bits per heavy atom. The van der Waals surface area contributed by atoms with Gasteiger partial charge in [-0.1, -0.05) is 18.2 Å². The third-order valence-corrected chi connectivity index (χ3v) is 8.57. The molecule has 0 spiro atoms. The van der Waals surface area contributed by atoms with E-state index >= 15 is 0 Å². The molecule has 4 rings (SSSR count). The standard InChI is InChI=1S/C23H31N5O4S/c1-17-22(18(2)28(25-17)16-21(29)26-12-6-7-13-26)33(31,32)27-14-8-9-19(15-27)23(30)24-20-10-4-3-5-11-20/h3-5,10-11,19H,6-9,12-16H2,1-2H3,(H,24,30). The van der Waals surface area contributed by atoms with Crippen molar-refractivity contribution < 1.29 is 18.0 Å². The molecule has 2 saturated heterocycles. The molecule has 0 bridgehead atoms. The van der Waals surface area contributed by atoms with Crippen molar-refractivity contribution in [1.82, 2.24) is 19.0 Å². The van der Waals surface area contributed by atoms with Gasteiger partial charge in [-0.25, -0.2) is 8.42 Å². The predicted octanol–water partition coefficient (Wildman–Crippen LogP) is 2.16. The third-order valence-electron chi connectivity index (χ3n) is 6.45. The number of aromatic nitrogens is 2. The number of rotatable bonds is 6. The summed E-state index contributed by atoms with van der Waals surface area (Å²) in [6, 6.07) is 9.16. The lowest BCUT2D eigenvalue weighted by Gasteiger charge is -2.31. The smallest absolute Gasteiger partial charge is 0.246 e. The quantitative estimate of drug-likeness (QED) is 0.692. The van der Waals surface area contributed by atoms with Crippen LogP contribution < -0.4 is 5.32 Å². The highest BCUT2D eigenvalue weighted by atomic mass is 32.2. The average Bonchev–Trinajstić information content (AvgIpc) is 3.43. The fourth-order valence-electron chi connectivity index (χ4n) is 4.67. The van der Waals surface area contributed by atoms with Gasteiger partial charge in [0, 0.05) is 31.9 Å². The Morgan fingerprint density at radius 3 is 2.45 bits per heavy atom. The largest absolute Gasteiger partial charge is 0.341 e. The number of piperidine rings is 1. The summed E-state index contributed by atoms with van der Waals surface area (Å²) in [4.78, 5) is 27.3. The van der Waals surface area contributed by atoms with E-state index in [1.54, 1.807) is 30.9 Å². The normalized spacial score (nSPS) is 19.6. The Balaban J connectivity index is 1.49. The molecule has 1 aromatic heterocycles. The number of nitrogens with one attached hydrogen (secondary N) is 1. The Hall–Kier alpha value is -2.72. The van der Waals surface area contributed by atoms with Crippen molar-refractivity contribution in [3.05, 3.63) is 41.7 Å². The van der Waals surface area contributed by atoms with E-state index in [0.29, 0.717) is 36.5 Å². The zero-order chi connectivity index (χ0) is 23.6. The van der Waals surface area contributed by atoms with Crippen LogP contribution in [0.1, 0.15) is 37.1 Å². The number of carbonyl (C=O) groups is 2. The minimum Gasteiger partial charge on any atom is -0.341 e. The van der Waals surface area contributed by atoms with Gasteiger partial charge in [0.2, 0.25) is 21.8 Å². The summed E-state index contributed by atoms with van der Waals surface area (Å²) in [6.45, 7) is 5.33. The van der Waals surface area contributed by atoms with Crippen molar-refractivity contribution in [2.75, 3.05) is 31.5 Å². The maximum atomic E-state index is 13.6. The predicted molar refractivity (Wildman–Crippen MR) is 124 cm³/mol. The molecule has 0 radical (unpaired) electrons. The van der Waals surface area contributed by atoms with E-state index in [1.165, 1.54) is 8.99 Å². The maximum absolute atomic E-state index is 13.6. The van der Waals surface area contributed by atoms with E-state index in [4.69, 9.17) is 0 Å². The van der Waals surface area contributed by atoms with Gasteiger partial charge in [0.1, 0.15) is 11.4 Å². The first-order valence-corrected chi connectivity index (χ1v) is 12.9. The lowest BCUT2D eigenvalue weighted by Crippen LogP contribution is -2.44. The molecule has 9 nitrogen and oxygen atoms in total. The Bertz CT molecular complexity index is 1120. The summed E-state index contributed by atoms with van der Waals surface area (Å²) in [5.74, 6) is -0.653. The minimum atomic E-state index is -3.85. The molecule has 3 heterocycles. The molecule has 178 valence electrons.